The maximum atomic E-state index is 11.3. The fraction of sp³-hybridized carbons (Fsp3) is 0.235. The number of carbonyl (C=O) groups excluding carboxylic acids is 1. The zero-order valence-electron chi connectivity index (χ0n) is 11.6. The predicted molar refractivity (Wildman–Crippen MR) is 84.2 cm³/mol. The number of hydrogen-bond donors (Lipinski definition) is 2. The van der Waals surface area contributed by atoms with Crippen molar-refractivity contribution in [1.29, 1.82) is 0 Å². The highest BCUT2D eigenvalue weighted by atomic mass is 79.9. The zero-order valence-corrected chi connectivity index (χ0v) is 13.1. The van der Waals surface area contributed by atoms with E-state index in [1.54, 1.807) is 6.92 Å². The molecular formula is C17H15BrO3. The van der Waals surface area contributed by atoms with Crippen LogP contribution in [0.4, 0.5) is 0 Å². The minimum atomic E-state index is -0.295. The molecule has 0 amide bonds. The molecule has 1 aliphatic carbocycles. The van der Waals surface area contributed by atoms with E-state index in [0.29, 0.717) is 11.8 Å². The van der Waals surface area contributed by atoms with Crippen LogP contribution < -0.4 is 0 Å². The van der Waals surface area contributed by atoms with Gasteiger partial charge in [0.15, 0.2) is 17.8 Å². The number of benzene rings is 2. The van der Waals surface area contributed by atoms with Crippen molar-refractivity contribution in [2.45, 2.75) is 25.7 Å². The third-order valence-electron chi connectivity index (χ3n) is 4.29. The van der Waals surface area contributed by atoms with Crippen LogP contribution in [0, 0.1) is 6.92 Å². The largest absolute Gasteiger partial charge is 0.504 e. The summed E-state index contributed by atoms with van der Waals surface area (Å²) in [4.78, 5) is 11.3. The molecule has 3 rings (SSSR count). The van der Waals surface area contributed by atoms with Gasteiger partial charge in [-0.2, -0.15) is 0 Å². The topological polar surface area (TPSA) is 57.5 Å². The molecule has 1 unspecified atom stereocenters. The van der Waals surface area contributed by atoms with Gasteiger partial charge in [0.2, 0.25) is 0 Å². The first-order valence-corrected chi connectivity index (χ1v) is 7.61. The number of fused-ring (bicyclic) bond motifs is 1. The van der Waals surface area contributed by atoms with Crippen molar-refractivity contribution >= 4 is 22.2 Å². The molecule has 1 atom stereocenters. The van der Waals surface area contributed by atoms with Gasteiger partial charge in [0, 0.05) is 10.4 Å². The fourth-order valence-corrected chi connectivity index (χ4v) is 3.72. The number of carbonyl (C=O) groups is 1. The van der Waals surface area contributed by atoms with E-state index >= 15 is 0 Å². The van der Waals surface area contributed by atoms with E-state index in [0.717, 1.165) is 34.0 Å². The molecule has 4 heteroatoms. The number of halogens is 1. The van der Waals surface area contributed by atoms with Crippen LogP contribution in [0.5, 0.6) is 11.5 Å². The predicted octanol–water partition coefficient (Wildman–Crippen LogP) is 4.06. The van der Waals surface area contributed by atoms with Crippen molar-refractivity contribution in [2.75, 3.05) is 0 Å². The molecule has 21 heavy (non-hydrogen) atoms. The summed E-state index contributed by atoms with van der Waals surface area (Å²) in [5.74, 6) is -0.336. The van der Waals surface area contributed by atoms with Gasteiger partial charge in [-0.05, 0) is 54.2 Å². The van der Waals surface area contributed by atoms with E-state index in [-0.39, 0.29) is 23.0 Å². The minimum absolute atomic E-state index is 0.141. The Balaban J connectivity index is 2.23. The summed E-state index contributed by atoms with van der Waals surface area (Å²) in [7, 11) is 0. The average Bonchev–Trinajstić information content (AvgIpc) is 2.90. The second-order valence-corrected chi connectivity index (χ2v) is 6.31. The highest BCUT2D eigenvalue weighted by Gasteiger charge is 2.31. The summed E-state index contributed by atoms with van der Waals surface area (Å²) in [6.45, 7) is 1.79. The summed E-state index contributed by atoms with van der Waals surface area (Å²) in [6.07, 6.45) is 2.24. The highest BCUT2D eigenvalue weighted by molar-refractivity contribution is 9.10. The number of rotatable bonds is 2. The number of aromatic hydroxyl groups is 2. The van der Waals surface area contributed by atoms with Gasteiger partial charge in [-0.1, -0.05) is 28.1 Å². The van der Waals surface area contributed by atoms with Gasteiger partial charge in [0.1, 0.15) is 0 Å². The lowest BCUT2D eigenvalue weighted by Gasteiger charge is -2.18. The quantitative estimate of drug-likeness (QED) is 0.636. The summed E-state index contributed by atoms with van der Waals surface area (Å²) in [5, 5.41) is 20.0. The SMILES string of the molecule is Cc1c(O)c(O)c(C=O)c2c1C(c1cccc(Br)c1)CC2. The smallest absolute Gasteiger partial charge is 0.168 e. The van der Waals surface area contributed by atoms with Gasteiger partial charge in [-0.25, -0.2) is 0 Å². The zero-order chi connectivity index (χ0) is 15.1. The molecule has 0 aliphatic heterocycles. The Hall–Kier alpha value is -1.81. The first-order chi connectivity index (χ1) is 10.0. The molecule has 2 aromatic carbocycles. The molecule has 0 fully saturated rings. The minimum Gasteiger partial charge on any atom is -0.504 e. The van der Waals surface area contributed by atoms with Crippen molar-refractivity contribution in [1.82, 2.24) is 0 Å². The molecule has 1 aliphatic rings. The molecule has 3 nitrogen and oxygen atoms in total. The lowest BCUT2D eigenvalue weighted by molar-refractivity contribution is 0.111. The first-order valence-electron chi connectivity index (χ1n) is 6.82. The third-order valence-corrected chi connectivity index (χ3v) is 4.78. The van der Waals surface area contributed by atoms with Crippen LogP contribution in [0.3, 0.4) is 0 Å². The number of hydrogen-bond acceptors (Lipinski definition) is 3. The van der Waals surface area contributed by atoms with E-state index in [2.05, 4.69) is 28.1 Å². The summed E-state index contributed by atoms with van der Waals surface area (Å²) in [5.41, 5.74) is 3.88. The molecule has 108 valence electrons. The average molecular weight is 347 g/mol. The van der Waals surface area contributed by atoms with Crippen molar-refractivity contribution in [3.63, 3.8) is 0 Å². The highest BCUT2D eigenvalue weighted by Crippen LogP contribution is 2.48. The summed E-state index contributed by atoms with van der Waals surface area (Å²) < 4.78 is 1.00. The molecule has 0 saturated carbocycles. The Morgan fingerprint density at radius 1 is 1.29 bits per heavy atom. The summed E-state index contributed by atoms with van der Waals surface area (Å²) >= 11 is 3.48. The van der Waals surface area contributed by atoms with Crippen molar-refractivity contribution in [3.8, 4) is 11.5 Å². The van der Waals surface area contributed by atoms with Gasteiger partial charge >= 0.3 is 0 Å². The second-order valence-electron chi connectivity index (χ2n) is 5.39. The molecule has 0 aromatic heterocycles. The lowest BCUT2D eigenvalue weighted by atomic mass is 9.88. The van der Waals surface area contributed by atoms with Crippen LogP contribution in [0.25, 0.3) is 0 Å². The molecule has 2 aromatic rings. The van der Waals surface area contributed by atoms with E-state index in [1.807, 2.05) is 12.1 Å². The second kappa shape index (κ2) is 5.19. The van der Waals surface area contributed by atoms with Crippen LogP contribution in [0.15, 0.2) is 28.7 Å². The Morgan fingerprint density at radius 3 is 2.71 bits per heavy atom. The lowest BCUT2D eigenvalue weighted by Crippen LogP contribution is -2.01. The van der Waals surface area contributed by atoms with Crippen molar-refractivity contribution in [2.24, 2.45) is 0 Å². The standard InChI is InChI=1S/C17H15BrO3/c1-9-15-12(10-3-2-4-11(18)7-10)5-6-13(15)14(8-19)17(21)16(9)20/h2-4,7-8,12,20-21H,5-6H2,1H3. The van der Waals surface area contributed by atoms with Crippen molar-refractivity contribution in [3.05, 3.63) is 56.6 Å². The van der Waals surface area contributed by atoms with Crippen LogP contribution in [0.1, 0.15) is 45.0 Å². The molecule has 0 radical (unpaired) electrons. The van der Waals surface area contributed by atoms with Crippen LogP contribution in [-0.4, -0.2) is 16.5 Å². The monoisotopic (exact) mass is 346 g/mol. The van der Waals surface area contributed by atoms with Crippen LogP contribution in [-0.2, 0) is 6.42 Å². The van der Waals surface area contributed by atoms with Gasteiger partial charge in [0.05, 0.1) is 5.56 Å². The molecular weight excluding hydrogens is 332 g/mol. The molecule has 0 saturated heterocycles. The van der Waals surface area contributed by atoms with E-state index in [4.69, 9.17) is 0 Å². The maximum Gasteiger partial charge on any atom is 0.168 e. The molecule has 2 N–H and O–H groups in total. The Bertz CT molecular complexity index is 737. The number of phenolic OH excluding ortho intramolecular Hbond substituents is 2. The van der Waals surface area contributed by atoms with Gasteiger partial charge < -0.3 is 10.2 Å². The van der Waals surface area contributed by atoms with Gasteiger partial charge in [-0.3, -0.25) is 4.79 Å². The Morgan fingerprint density at radius 2 is 2.05 bits per heavy atom. The molecule has 0 bridgehead atoms. The van der Waals surface area contributed by atoms with Crippen LogP contribution >= 0.6 is 15.9 Å². The summed E-state index contributed by atoms with van der Waals surface area (Å²) in [6, 6.07) is 8.06. The number of phenols is 2. The normalized spacial score (nSPS) is 16.8. The first kappa shape index (κ1) is 14.1. The molecule has 0 heterocycles. The van der Waals surface area contributed by atoms with E-state index < -0.39 is 0 Å². The maximum absolute atomic E-state index is 11.3. The molecule has 0 spiro atoms. The van der Waals surface area contributed by atoms with Gasteiger partial charge in [0.25, 0.3) is 0 Å². The van der Waals surface area contributed by atoms with E-state index in [1.165, 1.54) is 0 Å². The van der Waals surface area contributed by atoms with Crippen molar-refractivity contribution < 1.29 is 15.0 Å². The third kappa shape index (κ3) is 2.14. The van der Waals surface area contributed by atoms with E-state index in [9.17, 15) is 15.0 Å². The fourth-order valence-electron chi connectivity index (χ4n) is 3.30. The van der Waals surface area contributed by atoms with Crippen LogP contribution in [0.2, 0.25) is 0 Å². The number of aldehydes is 1. The van der Waals surface area contributed by atoms with Gasteiger partial charge in [-0.15, -0.1) is 0 Å². The Labute approximate surface area is 131 Å². The Kier molecular flexibility index (Phi) is 3.49.